The van der Waals surface area contributed by atoms with E-state index < -0.39 is 17.9 Å². The van der Waals surface area contributed by atoms with Gasteiger partial charge in [0, 0.05) is 37.8 Å². The van der Waals surface area contributed by atoms with Crippen LogP contribution in [0, 0.1) is 0 Å². The number of nitrogens with zero attached hydrogens (tertiary/aromatic N) is 4. The number of carbonyl (C=O) groups excluding carboxylic acids is 3. The van der Waals surface area contributed by atoms with E-state index in [1.165, 1.54) is 22.8 Å². The molecule has 0 radical (unpaired) electrons. The molecule has 32 heavy (non-hydrogen) atoms. The van der Waals surface area contributed by atoms with Crippen molar-refractivity contribution >= 4 is 24.0 Å². The summed E-state index contributed by atoms with van der Waals surface area (Å²) in [6.45, 7) is 1.57. The van der Waals surface area contributed by atoms with Gasteiger partial charge in [-0.2, -0.15) is 0 Å². The molecule has 3 amide bonds. The average Bonchev–Trinajstić information content (AvgIpc) is 3.33. The molecule has 9 nitrogen and oxygen atoms in total. The van der Waals surface area contributed by atoms with Gasteiger partial charge < -0.3 is 9.15 Å². The smallest absolute Gasteiger partial charge is 0.332 e. The summed E-state index contributed by atoms with van der Waals surface area (Å²) in [6, 6.07) is 10.00. The van der Waals surface area contributed by atoms with Gasteiger partial charge in [0.25, 0.3) is 5.91 Å². The zero-order valence-electron chi connectivity index (χ0n) is 17.3. The lowest BCUT2D eigenvalue weighted by atomic mass is 10.2. The highest BCUT2D eigenvalue weighted by atomic mass is 16.5. The number of ether oxygens (including phenoxy) is 1. The highest BCUT2D eigenvalue weighted by Gasteiger charge is 2.41. The lowest BCUT2D eigenvalue weighted by Crippen LogP contribution is -2.32. The first-order valence-corrected chi connectivity index (χ1v) is 9.86. The zero-order chi connectivity index (χ0) is 22.5. The summed E-state index contributed by atoms with van der Waals surface area (Å²) in [6.07, 6.45) is 8.03. The molecule has 1 fully saturated rings. The zero-order valence-corrected chi connectivity index (χ0v) is 17.3. The number of aromatic nitrogens is 2. The summed E-state index contributed by atoms with van der Waals surface area (Å²) in [4.78, 5) is 48.1. The molecule has 0 spiro atoms. The maximum absolute atomic E-state index is 13.2. The van der Waals surface area contributed by atoms with E-state index in [0.29, 0.717) is 11.5 Å². The fraction of sp³-hybridized carbons (Fsp3) is 0.174. The van der Waals surface area contributed by atoms with Gasteiger partial charge in [-0.3, -0.25) is 29.4 Å². The van der Waals surface area contributed by atoms with Gasteiger partial charge in [0.1, 0.15) is 23.8 Å². The molecular weight excluding hydrogens is 412 g/mol. The maximum atomic E-state index is 13.2. The quantitative estimate of drug-likeness (QED) is 0.321. The third-order valence-corrected chi connectivity index (χ3v) is 4.72. The van der Waals surface area contributed by atoms with Crippen molar-refractivity contribution in [2.45, 2.75) is 26.6 Å². The Morgan fingerprint density at radius 1 is 1.00 bits per heavy atom. The molecule has 0 atom stereocenters. The molecule has 9 heteroatoms. The maximum Gasteiger partial charge on any atom is 0.332 e. The van der Waals surface area contributed by atoms with E-state index in [1.54, 1.807) is 55.1 Å². The predicted molar refractivity (Wildman–Crippen MR) is 112 cm³/mol. The number of urea groups is 1. The molecule has 0 aromatic carbocycles. The molecule has 0 unspecified atom stereocenters. The van der Waals surface area contributed by atoms with Crippen LogP contribution < -0.4 is 0 Å². The molecule has 1 saturated heterocycles. The van der Waals surface area contributed by atoms with Gasteiger partial charge in [-0.25, -0.2) is 4.79 Å². The van der Waals surface area contributed by atoms with Crippen molar-refractivity contribution in [3.8, 4) is 0 Å². The van der Waals surface area contributed by atoms with Crippen LogP contribution in [-0.2, 0) is 34.0 Å². The monoisotopic (exact) mass is 432 g/mol. The number of furan rings is 1. The molecule has 4 rings (SSSR count). The number of hydrogen-bond donors (Lipinski definition) is 0. The van der Waals surface area contributed by atoms with Gasteiger partial charge in [-0.15, -0.1) is 0 Å². The van der Waals surface area contributed by atoms with Crippen molar-refractivity contribution < 1.29 is 23.5 Å². The van der Waals surface area contributed by atoms with Gasteiger partial charge in [0.15, 0.2) is 0 Å². The van der Waals surface area contributed by atoms with Crippen molar-refractivity contribution in [1.29, 1.82) is 0 Å². The number of rotatable bonds is 7. The normalized spacial score (nSPS) is 15.0. The van der Waals surface area contributed by atoms with Crippen molar-refractivity contribution in [3.63, 3.8) is 0 Å². The van der Waals surface area contributed by atoms with Crippen molar-refractivity contribution in [2.75, 3.05) is 0 Å². The minimum Gasteiger partial charge on any atom is -0.458 e. The van der Waals surface area contributed by atoms with Crippen LogP contribution in [0.25, 0.3) is 6.08 Å². The fourth-order valence-electron chi connectivity index (χ4n) is 3.23. The van der Waals surface area contributed by atoms with Gasteiger partial charge in [-0.05, 0) is 35.4 Å². The molecule has 162 valence electrons. The van der Waals surface area contributed by atoms with Gasteiger partial charge in [0.2, 0.25) is 0 Å². The van der Waals surface area contributed by atoms with Crippen LogP contribution in [-0.4, -0.2) is 37.7 Å². The Labute approximate surface area is 183 Å². The average molecular weight is 432 g/mol. The molecule has 3 aromatic heterocycles. The summed E-state index contributed by atoms with van der Waals surface area (Å²) in [7, 11) is 0. The summed E-state index contributed by atoms with van der Waals surface area (Å²) < 4.78 is 10.6. The molecule has 1 aliphatic heterocycles. The van der Waals surface area contributed by atoms with E-state index >= 15 is 0 Å². The lowest BCUT2D eigenvalue weighted by Gasteiger charge is -2.17. The van der Waals surface area contributed by atoms with Crippen LogP contribution in [0.4, 0.5) is 4.79 Å². The van der Waals surface area contributed by atoms with E-state index in [1.807, 2.05) is 6.07 Å². The second kappa shape index (κ2) is 9.25. The van der Waals surface area contributed by atoms with E-state index in [0.717, 1.165) is 11.1 Å². The van der Waals surface area contributed by atoms with Gasteiger partial charge in [-0.1, -0.05) is 12.1 Å². The van der Waals surface area contributed by atoms with Crippen molar-refractivity contribution in [1.82, 2.24) is 19.8 Å². The van der Waals surface area contributed by atoms with Crippen LogP contribution in [0.5, 0.6) is 0 Å². The fourth-order valence-corrected chi connectivity index (χ4v) is 3.23. The second-order valence-electron chi connectivity index (χ2n) is 7.10. The Hall–Kier alpha value is -4.27. The third kappa shape index (κ3) is 4.72. The number of hydrogen-bond acceptors (Lipinski definition) is 7. The summed E-state index contributed by atoms with van der Waals surface area (Å²) in [5.41, 5.74) is 1.69. The highest BCUT2D eigenvalue weighted by Crippen LogP contribution is 2.27. The van der Waals surface area contributed by atoms with Crippen LogP contribution in [0.1, 0.15) is 29.6 Å². The number of pyridine rings is 2. The number of esters is 1. The molecular formula is C23H20N4O5. The first kappa shape index (κ1) is 21.0. The van der Waals surface area contributed by atoms with E-state index in [4.69, 9.17) is 9.15 Å². The minimum atomic E-state index is -0.444. The molecule has 0 bridgehead atoms. The van der Waals surface area contributed by atoms with Crippen molar-refractivity contribution in [3.05, 3.63) is 89.5 Å². The first-order chi connectivity index (χ1) is 15.5. The molecule has 3 aromatic rings. The molecule has 1 aliphatic rings. The molecule has 0 N–H and O–H groups in total. The largest absolute Gasteiger partial charge is 0.458 e. The number of imide groups is 1. The van der Waals surface area contributed by atoms with E-state index in [-0.39, 0.29) is 25.4 Å². The SMILES string of the molecule is CC(=O)OCc1ccc(C=C2C(=O)N(Cc3cccnc3)C(=O)N2Cc2cccnc2)o1. The Morgan fingerprint density at radius 2 is 1.66 bits per heavy atom. The first-order valence-electron chi connectivity index (χ1n) is 9.86. The molecule has 0 saturated carbocycles. The standard InChI is InChI=1S/C23H20N4O5/c1-16(28)31-15-20-7-6-19(32-20)10-21-22(29)27(14-18-5-3-9-25-12-18)23(30)26(21)13-17-4-2-8-24-11-17/h2-12H,13-15H2,1H3. The van der Waals surface area contributed by atoms with E-state index in [9.17, 15) is 14.4 Å². The summed E-state index contributed by atoms with van der Waals surface area (Å²) in [5, 5.41) is 0. The highest BCUT2D eigenvalue weighted by molar-refractivity contribution is 6.13. The van der Waals surface area contributed by atoms with Crippen LogP contribution >= 0.6 is 0 Å². The topological polar surface area (TPSA) is 106 Å². The van der Waals surface area contributed by atoms with E-state index in [2.05, 4.69) is 9.97 Å². The Bertz CT molecular complexity index is 1160. The lowest BCUT2D eigenvalue weighted by molar-refractivity contribution is -0.142. The van der Waals surface area contributed by atoms with Crippen LogP contribution in [0.2, 0.25) is 0 Å². The number of amides is 3. The molecule has 0 aliphatic carbocycles. The third-order valence-electron chi connectivity index (χ3n) is 4.72. The minimum absolute atomic E-state index is 0.0160. The number of carbonyl (C=O) groups is 3. The Kier molecular flexibility index (Phi) is 6.07. The van der Waals surface area contributed by atoms with Gasteiger partial charge >= 0.3 is 12.0 Å². The van der Waals surface area contributed by atoms with Crippen LogP contribution in [0.3, 0.4) is 0 Å². The van der Waals surface area contributed by atoms with Crippen LogP contribution in [0.15, 0.2) is 71.3 Å². The van der Waals surface area contributed by atoms with Gasteiger partial charge in [0.05, 0.1) is 13.1 Å². The van der Waals surface area contributed by atoms with Crippen molar-refractivity contribution in [2.24, 2.45) is 0 Å². The summed E-state index contributed by atoms with van der Waals surface area (Å²) in [5.74, 6) is -0.0789. The Balaban J connectivity index is 1.63. The predicted octanol–water partition coefficient (Wildman–Crippen LogP) is 3.14. The molecule has 4 heterocycles. The summed E-state index contributed by atoms with van der Waals surface area (Å²) >= 11 is 0. The Morgan fingerprint density at radius 3 is 2.25 bits per heavy atom. The second-order valence-corrected chi connectivity index (χ2v) is 7.10.